The Balaban J connectivity index is 1.97. The molecular weight excluding hydrogens is 284 g/mol. The summed E-state index contributed by atoms with van der Waals surface area (Å²) in [5.41, 5.74) is 0.886. The Labute approximate surface area is 128 Å². The Morgan fingerprint density at radius 3 is 2.64 bits per heavy atom. The average molecular weight is 302 g/mol. The van der Waals surface area contributed by atoms with Crippen molar-refractivity contribution in [3.8, 4) is 11.5 Å². The van der Waals surface area contributed by atoms with E-state index in [0.717, 1.165) is 5.56 Å². The minimum absolute atomic E-state index is 0.216. The van der Waals surface area contributed by atoms with Gasteiger partial charge in [-0.1, -0.05) is 6.07 Å². The monoisotopic (exact) mass is 302 g/mol. The second-order valence-corrected chi connectivity index (χ2v) is 4.65. The lowest BCUT2D eigenvalue weighted by Crippen LogP contribution is -2.19. The van der Waals surface area contributed by atoms with E-state index < -0.39 is 0 Å². The fourth-order valence-electron chi connectivity index (χ4n) is 2.03. The van der Waals surface area contributed by atoms with Crippen molar-refractivity contribution in [1.82, 2.24) is 4.98 Å². The van der Waals surface area contributed by atoms with Crippen LogP contribution in [-0.4, -0.2) is 25.1 Å². The molecule has 0 bridgehead atoms. The van der Waals surface area contributed by atoms with E-state index in [1.165, 1.54) is 6.20 Å². The van der Waals surface area contributed by atoms with Gasteiger partial charge in [0.2, 0.25) is 5.91 Å². The maximum Gasteiger partial charge on any atom is 0.271 e. The van der Waals surface area contributed by atoms with E-state index in [1.807, 2.05) is 12.1 Å². The lowest BCUT2D eigenvalue weighted by Gasteiger charge is -2.09. The van der Waals surface area contributed by atoms with Crippen molar-refractivity contribution in [2.45, 2.75) is 12.8 Å². The third-order valence-corrected chi connectivity index (χ3v) is 3.18. The van der Waals surface area contributed by atoms with Crippen LogP contribution < -0.4 is 20.3 Å². The number of amides is 1. The topological polar surface area (TPSA) is 80.4 Å². The van der Waals surface area contributed by atoms with Gasteiger partial charge in [-0.05, 0) is 36.2 Å². The Morgan fingerprint density at radius 1 is 1.18 bits per heavy atom. The highest BCUT2D eigenvalue weighted by atomic mass is 16.5. The van der Waals surface area contributed by atoms with Crippen LogP contribution in [0.4, 0.5) is 5.69 Å². The number of methoxy groups -OCH3 is 2. The number of aromatic amines is 1. The van der Waals surface area contributed by atoms with Crippen LogP contribution in [0.25, 0.3) is 0 Å². The molecule has 2 N–H and O–H groups in total. The summed E-state index contributed by atoms with van der Waals surface area (Å²) in [5.74, 6) is 1.05. The van der Waals surface area contributed by atoms with Crippen LogP contribution in [0.1, 0.15) is 12.0 Å². The molecule has 1 aromatic carbocycles. The van der Waals surface area contributed by atoms with Crippen molar-refractivity contribution in [2.75, 3.05) is 19.5 Å². The van der Waals surface area contributed by atoms with E-state index >= 15 is 0 Å². The smallest absolute Gasteiger partial charge is 0.271 e. The minimum Gasteiger partial charge on any atom is -0.493 e. The molecule has 1 aromatic heterocycles. The molecule has 116 valence electrons. The quantitative estimate of drug-likeness (QED) is 0.855. The largest absolute Gasteiger partial charge is 0.493 e. The Kier molecular flexibility index (Phi) is 5.19. The van der Waals surface area contributed by atoms with Gasteiger partial charge in [0.25, 0.3) is 5.56 Å². The molecule has 6 nitrogen and oxygen atoms in total. The summed E-state index contributed by atoms with van der Waals surface area (Å²) in [6.07, 6.45) is 2.32. The van der Waals surface area contributed by atoms with Crippen LogP contribution >= 0.6 is 0 Å². The molecule has 0 atom stereocenters. The van der Waals surface area contributed by atoms with Crippen molar-refractivity contribution < 1.29 is 14.3 Å². The van der Waals surface area contributed by atoms with Crippen molar-refractivity contribution in [3.63, 3.8) is 0 Å². The van der Waals surface area contributed by atoms with E-state index in [-0.39, 0.29) is 23.6 Å². The molecule has 0 unspecified atom stereocenters. The van der Waals surface area contributed by atoms with Crippen LogP contribution in [0, 0.1) is 0 Å². The molecule has 1 amide bonds. The SMILES string of the molecule is COc1ccc(CCC(=O)Nc2ccc[nH]c2=O)cc1OC. The number of carbonyl (C=O) groups is 1. The molecule has 2 aromatic rings. The summed E-state index contributed by atoms with van der Waals surface area (Å²) in [5, 5.41) is 2.59. The zero-order valence-electron chi connectivity index (χ0n) is 12.5. The Bertz CT molecular complexity index is 709. The summed E-state index contributed by atoms with van der Waals surface area (Å²) in [6.45, 7) is 0. The first kappa shape index (κ1) is 15.6. The van der Waals surface area contributed by atoms with E-state index in [9.17, 15) is 9.59 Å². The highest BCUT2D eigenvalue weighted by Crippen LogP contribution is 2.27. The number of aryl methyl sites for hydroxylation is 1. The minimum atomic E-state index is -0.318. The number of hydrogen-bond donors (Lipinski definition) is 2. The van der Waals surface area contributed by atoms with Crippen molar-refractivity contribution in [3.05, 3.63) is 52.4 Å². The van der Waals surface area contributed by atoms with Crippen LogP contribution in [-0.2, 0) is 11.2 Å². The van der Waals surface area contributed by atoms with Gasteiger partial charge in [-0.15, -0.1) is 0 Å². The Morgan fingerprint density at radius 2 is 1.95 bits per heavy atom. The van der Waals surface area contributed by atoms with Gasteiger partial charge >= 0.3 is 0 Å². The predicted octanol–water partition coefficient (Wildman–Crippen LogP) is 1.96. The number of pyridine rings is 1. The third-order valence-electron chi connectivity index (χ3n) is 3.18. The molecule has 0 fully saturated rings. The second-order valence-electron chi connectivity index (χ2n) is 4.65. The average Bonchev–Trinajstić information content (AvgIpc) is 2.54. The van der Waals surface area contributed by atoms with Crippen molar-refractivity contribution >= 4 is 11.6 Å². The summed E-state index contributed by atoms with van der Waals surface area (Å²) in [7, 11) is 3.14. The zero-order chi connectivity index (χ0) is 15.9. The number of ether oxygens (including phenoxy) is 2. The van der Waals surface area contributed by atoms with Crippen LogP contribution in [0.15, 0.2) is 41.3 Å². The standard InChI is InChI=1S/C16H18N2O4/c1-21-13-7-5-11(10-14(13)22-2)6-8-15(19)18-12-4-3-9-17-16(12)20/h3-5,7,9-10H,6,8H2,1-2H3,(H,17,20)(H,18,19). The van der Waals surface area contributed by atoms with Crippen LogP contribution in [0.3, 0.4) is 0 Å². The van der Waals surface area contributed by atoms with Gasteiger partial charge in [0.1, 0.15) is 5.69 Å². The van der Waals surface area contributed by atoms with Gasteiger partial charge in [-0.25, -0.2) is 0 Å². The fourth-order valence-corrected chi connectivity index (χ4v) is 2.03. The van der Waals surface area contributed by atoms with E-state index in [1.54, 1.807) is 32.4 Å². The normalized spacial score (nSPS) is 10.1. The van der Waals surface area contributed by atoms with Gasteiger partial charge in [0.05, 0.1) is 14.2 Å². The number of carbonyl (C=O) groups excluding carboxylic acids is 1. The number of nitrogens with one attached hydrogen (secondary N) is 2. The number of H-pyrrole nitrogens is 1. The second kappa shape index (κ2) is 7.31. The highest BCUT2D eigenvalue weighted by molar-refractivity contribution is 5.90. The molecule has 6 heteroatoms. The van der Waals surface area contributed by atoms with Crippen LogP contribution in [0.2, 0.25) is 0 Å². The van der Waals surface area contributed by atoms with Crippen LogP contribution in [0.5, 0.6) is 11.5 Å². The molecule has 1 heterocycles. The number of benzene rings is 1. The molecule has 0 aliphatic rings. The molecule has 2 rings (SSSR count). The highest BCUT2D eigenvalue weighted by Gasteiger charge is 2.08. The van der Waals surface area contributed by atoms with E-state index in [4.69, 9.17) is 9.47 Å². The molecule has 0 saturated heterocycles. The third kappa shape index (κ3) is 3.88. The van der Waals surface area contributed by atoms with Gasteiger partial charge in [0, 0.05) is 12.6 Å². The van der Waals surface area contributed by atoms with E-state index in [0.29, 0.717) is 17.9 Å². The maximum atomic E-state index is 11.9. The molecule has 0 aliphatic heterocycles. The van der Waals surface area contributed by atoms with Gasteiger partial charge in [-0.3, -0.25) is 9.59 Å². The first-order chi connectivity index (χ1) is 10.6. The fraction of sp³-hybridized carbons (Fsp3) is 0.250. The molecular formula is C16H18N2O4. The first-order valence-electron chi connectivity index (χ1n) is 6.82. The summed E-state index contributed by atoms with van der Waals surface area (Å²) in [6, 6.07) is 8.73. The van der Waals surface area contributed by atoms with Crippen molar-refractivity contribution in [2.24, 2.45) is 0 Å². The number of rotatable bonds is 6. The lowest BCUT2D eigenvalue weighted by molar-refractivity contribution is -0.116. The van der Waals surface area contributed by atoms with E-state index in [2.05, 4.69) is 10.3 Å². The number of aromatic nitrogens is 1. The first-order valence-corrected chi connectivity index (χ1v) is 6.82. The van der Waals surface area contributed by atoms with Gasteiger partial charge in [-0.2, -0.15) is 0 Å². The molecule has 0 radical (unpaired) electrons. The van der Waals surface area contributed by atoms with Gasteiger partial charge < -0.3 is 19.8 Å². The summed E-state index contributed by atoms with van der Waals surface area (Å²) < 4.78 is 10.4. The van der Waals surface area contributed by atoms with Crippen molar-refractivity contribution in [1.29, 1.82) is 0 Å². The Hall–Kier alpha value is -2.76. The lowest BCUT2D eigenvalue weighted by atomic mass is 10.1. The summed E-state index contributed by atoms with van der Waals surface area (Å²) in [4.78, 5) is 25.9. The summed E-state index contributed by atoms with van der Waals surface area (Å²) >= 11 is 0. The predicted molar refractivity (Wildman–Crippen MR) is 83.6 cm³/mol. The van der Waals surface area contributed by atoms with Gasteiger partial charge in [0.15, 0.2) is 11.5 Å². The molecule has 0 saturated carbocycles. The molecule has 0 spiro atoms. The molecule has 22 heavy (non-hydrogen) atoms. The molecule has 0 aliphatic carbocycles. The zero-order valence-corrected chi connectivity index (χ0v) is 12.5. The maximum absolute atomic E-state index is 11.9. The number of anilines is 1. The number of hydrogen-bond acceptors (Lipinski definition) is 4.